The first-order valence-corrected chi connectivity index (χ1v) is 11.4. The molecule has 27 heavy (non-hydrogen) atoms. The monoisotopic (exact) mass is 384 g/mol. The zero-order valence-corrected chi connectivity index (χ0v) is 18.2. The highest BCUT2D eigenvalue weighted by Crippen LogP contribution is 2.11. The van der Waals surface area contributed by atoms with Crippen molar-refractivity contribution in [3.63, 3.8) is 0 Å². The molecule has 0 spiro atoms. The van der Waals surface area contributed by atoms with E-state index in [9.17, 15) is 9.59 Å². The van der Waals surface area contributed by atoms with Gasteiger partial charge in [-0.1, -0.05) is 78.6 Å². The molecular weight excluding hydrogens is 340 g/mol. The Morgan fingerprint density at radius 1 is 0.630 bits per heavy atom. The third-order valence-electron chi connectivity index (χ3n) is 4.73. The highest BCUT2D eigenvalue weighted by Gasteiger charge is 2.06. The maximum Gasteiger partial charge on any atom is 0.305 e. The lowest BCUT2D eigenvalue weighted by atomic mass is 10.1. The first kappa shape index (κ1) is 25.9. The lowest BCUT2D eigenvalue weighted by molar-refractivity contribution is -0.146. The van der Waals surface area contributed by atoms with Gasteiger partial charge in [0.25, 0.3) is 0 Å². The third kappa shape index (κ3) is 21.1. The second-order valence-corrected chi connectivity index (χ2v) is 8.01. The zero-order valence-electron chi connectivity index (χ0n) is 18.2. The average molecular weight is 385 g/mol. The molecule has 0 radical (unpaired) electrons. The van der Waals surface area contributed by atoms with Crippen molar-refractivity contribution >= 4 is 11.9 Å². The second kappa shape index (κ2) is 19.7. The minimum absolute atomic E-state index is 0.140. The molecule has 0 rings (SSSR count). The molecule has 4 heteroatoms. The summed E-state index contributed by atoms with van der Waals surface area (Å²) in [6, 6.07) is 0. The van der Waals surface area contributed by atoms with Gasteiger partial charge in [0.15, 0.2) is 0 Å². The van der Waals surface area contributed by atoms with E-state index in [0.717, 1.165) is 19.3 Å². The predicted octanol–water partition coefficient (Wildman–Crippen LogP) is 6.60. The van der Waals surface area contributed by atoms with E-state index >= 15 is 0 Å². The molecule has 0 atom stereocenters. The summed E-state index contributed by atoms with van der Waals surface area (Å²) in [5, 5.41) is 0. The molecule has 0 amide bonds. The first-order valence-electron chi connectivity index (χ1n) is 11.4. The van der Waals surface area contributed by atoms with Crippen molar-refractivity contribution < 1.29 is 19.1 Å². The number of carbonyl (C=O) groups excluding carboxylic acids is 2. The minimum atomic E-state index is -0.158. The van der Waals surface area contributed by atoms with Gasteiger partial charge in [0.05, 0.1) is 13.2 Å². The summed E-state index contributed by atoms with van der Waals surface area (Å²) in [5.74, 6) is 0.247. The SMILES string of the molecule is CCCCCCCCCCCCOC(=O)CCCCC(=O)OCCC(C)C. The molecule has 0 aliphatic carbocycles. The van der Waals surface area contributed by atoms with Crippen LogP contribution >= 0.6 is 0 Å². The Hall–Kier alpha value is -1.06. The Morgan fingerprint density at radius 2 is 1.07 bits per heavy atom. The normalized spacial score (nSPS) is 11.0. The fourth-order valence-corrected chi connectivity index (χ4v) is 2.87. The Bertz CT molecular complexity index is 352. The fraction of sp³-hybridized carbons (Fsp3) is 0.913. The quantitative estimate of drug-likeness (QED) is 0.186. The number of ether oxygens (including phenoxy) is 2. The number of hydrogen-bond donors (Lipinski definition) is 0. The van der Waals surface area contributed by atoms with Crippen molar-refractivity contribution in [2.24, 2.45) is 5.92 Å². The maximum atomic E-state index is 11.7. The molecule has 0 aromatic heterocycles. The van der Waals surface area contributed by atoms with Crippen LogP contribution in [0.4, 0.5) is 0 Å². The third-order valence-corrected chi connectivity index (χ3v) is 4.73. The van der Waals surface area contributed by atoms with Crippen LogP contribution < -0.4 is 0 Å². The van der Waals surface area contributed by atoms with E-state index in [1.807, 2.05) is 0 Å². The van der Waals surface area contributed by atoms with Gasteiger partial charge in [-0.05, 0) is 31.6 Å². The van der Waals surface area contributed by atoms with Crippen molar-refractivity contribution in [3.05, 3.63) is 0 Å². The van der Waals surface area contributed by atoms with Crippen molar-refractivity contribution in [1.82, 2.24) is 0 Å². The van der Waals surface area contributed by atoms with Crippen LogP contribution in [-0.4, -0.2) is 25.2 Å². The van der Waals surface area contributed by atoms with Crippen molar-refractivity contribution in [2.75, 3.05) is 13.2 Å². The molecule has 0 aromatic carbocycles. The smallest absolute Gasteiger partial charge is 0.305 e. The lowest BCUT2D eigenvalue weighted by Gasteiger charge is -2.07. The second-order valence-electron chi connectivity index (χ2n) is 8.01. The number of carbonyl (C=O) groups is 2. The van der Waals surface area contributed by atoms with Crippen LogP contribution in [0.1, 0.15) is 117 Å². The number of esters is 2. The summed E-state index contributed by atoms with van der Waals surface area (Å²) in [6.07, 6.45) is 15.8. The van der Waals surface area contributed by atoms with Gasteiger partial charge in [0.1, 0.15) is 0 Å². The van der Waals surface area contributed by atoms with E-state index in [-0.39, 0.29) is 11.9 Å². The average Bonchev–Trinajstić information content (AvgIpc) is 2.63. The Labute approximate surface area is 167 Å². The molecular formula is C23H44O4. The van der Waals surface area contributed by atoms with E-state index < -0.39 is 0 Å². The molecule has 0 aromatic rings. The van der Waals surface area contributed by atoms with Crippen LogP contribution in [0.15, 0.2) is 0 Å². The van der Waals surface area contributed by atoms with Crippen molar-refractivity contribution in [2.45, 2.75) is 117 Å². The van der Waals surface area contributed by atoms with Crippen LogP contribution in [0, 0.1) is 5.92 Å². The Morgan fingerprint density at radius 3 is 1.56 bits per heavy atom. The van der Waals surface area contributed by atoms with Gasteiger partial charge in [-0.3, -0.25) is 9.59 Å². The van der Waals surface area contributed by atoms with E-state index in [0.29, 0.717) is 44.8 Å². The molecule has 0 bridgehead atoms. The molecule has 4 nitrogen and oxygen atoms in total. The van der Waals surface area contributed by atoms with Crippen LogP contribution in [0.2, 0.25) is 0 Å². The predicted molar refractivity (Wildman–Crippen MR) is 112 cm³/mol. The molecule has 160 valence electrons. The molecule has 0 aliphatic rings. The molecule has 0 N–H and O–H groups in total. The molecule has 0 heterocycles. The van der Waals surface area contributed by atoms with Crippen molar-refractivity contribution in [1.29, 1.82) is 0 Å². The maximum absolute atomic E-state index is 11.7. The van der Waals surface area contributed by atoms with E-state index in [1.165, 1.54) is 51.4 Å². The minimum Gasteiger partial charge on any atom is -0.466 e. The fourth-order valence-electron chi connectivity index (χ4n) is 2.87. The summed E-state index contributed by atoms with van der Waals surface area (Å²) in [5.41, 5.74) is 0. The largest absolute Gasteiger partial charge is 0.466 e. The lowest BCUT2D eigenvalue weighted by Crippen LogP contribution is -2.08. The van der Waals surface area contributed by atoms with E-state index in [4.69, 9.17) is 9.47 Å². The summed E-state index contributed by atoms with van der Waals surface area (Å²) >= 11 is 0. The molecule has 0 unspecified atom stereocenters. The summed E-state index contributed by atoms with van der Waals surface area (Å²) < 4.78 is 10.4. The van der Waals surface area contributed by atoms with Gasteiger partial charge in [-0.2, -0.15) is 0 Å². The van der Waals surface area contributed by atoms with Gasteiger partial charge in [0.2, 0.25) is 0 Å². The standard InChI is InChI=1S/C23H44O4/c1-4-5-6-7-8-9-10-11-12-15-19-26-22(24)16-13-14-17-23(25)27-20-18-21(2)3/h21H,4-20H2,1-3H3. The van der Waals surface area contributed by atoms with Gasteiger partial charge in [0, 0.05) is 12.8 Å². The Kier molecular flexibility index (Phi) is 18.9. The van der Waals surface area contributed by atoms with E-state index in [1.54, 1.807) is 0 Å². The zero-order chi connectivity index (χ0) is 20.2. The highest BCUT2D eigenvalue weighted by atomic mass is 16.5. The number of hydrogen-bond acceptors (Lipinski definition) is 4. The molecule has 0 saturated heterocycles. The molecule has 0 fully saturated rings. The van der Waals surface area contributed by atoms with Crippen LogP contribution in [0.5, 0.6) is 0 Å². The van der Waals surface area contributed by atoms with Crippen LogP contribution in [0.3, 0.4) is 0 Å². The summed E-state index contributed by atoms with van der Waals surface area (Å²) in [4.78, 5) is 23.2. The number of unbranched alkanes of at least 4 members (excludes halogenated alkanes) is 10. The molecule has 0 aliphatic heterocycles. The molecule has 0 saturated carbocycles. The Balaban J connectivity index is 3.29. The number of rotatable bonds is 19. The van der Waals surface area contributed by atoms with E-state index in [2.05, 4.69) is 20.8 Å². The highest BCUT2D eigenvalue weighted by molar-refractivity contribution is 5.70. The van der Waals surface area contributed by atoms with Gasteiger partial charge in [-0.25, -0.2) is 0 Å². The van der Waals surface area contributed by atoms with Crippen LogP contribution in [0.25, 0.3) is 0 Å². The van der Waals surface area contributed by atoms with Gasteiger partial charge >= 0.3 is 11.9 Å². The van der Waals surface area contributed by atoms with Crippen LogP contribution in [-0.2, 0) is 19.1 Å². The van der Waals surface area contributed by atoms with Gasteiger partial charge in [-0.15, -0.1) is 0 Å². The topological polar surface area (TPSA) is 52.6 Å². The summed E-state index contributed by atoms with van der Waals surface area (Å²) in [7, 11) is 0. The van der Waals surface area contributed by atoms with Gasteiger partial charge < -0.3 is 9.47 Å². The first-order chi connectivity index (χ1) is 13.1. The van der Waals surface area contributed by atoms with Crippen molar-refractivity contribution in [3.8, 4) is 0 Å². The summed E-state index contributed by atoms with van der Waals surface area (Å²) in [6.45, 7) is 7.49.